The van der Waals surface area contributed by atoms with Gasteiger partial charge in [0.25, 0.3) is 5.91 Å². The molecule has 0 aliphatic carbocycles. The molecular formula is C24H24N4O4. The molecular weight excluding hydrogens is 408 g/mol. The number of fused-ring (bicyclic) bond motifs is 1. The fourth-order valence-electron chi connectivity index (χ4n) is 3.54. The van der Waals surface area contributed by atoms with Crippen molar-refractivity contribution in [3.63, 3.8) is 0 Å². The Bertz CT molecular complexity index is 1150. The van der Waals surface area contributed by atoms with E-state index in [4.69, 9.17) is 9.47 Å². The Kier molecular flexibility index (Phi) is 6.21. The Labute approximate surface area is 186 Å². The number of methoxy groups -OCH3 is 1. The fourth-order valence-corrected chi connectivity index (χ4v) is 3.54. The van der Waals surface area contributed by atoms with Gasteiger partial charge in [-0.05, 0) is 47.9 Å². The summed E-state index contributed by atoms with van der Waals surface area (Å²) in [7, 11) is 3.14. The van der Waals surface area contributed by atoms with Crippen LogP contribution in [0, 0.1) is 0 Å². The average Bonchev–Trinajstić information content (AvgIpc) is 2.83. The summed E-state index contributed by atoms with van der Waals surface area (Å²) < 4.78 is 11.2. The van der Waals surface area contributed by atoms with E-state index >= 15 is 0 Å². The lowest BCUT2D eigenvalue weighted by Gasteiger charge is -2.29. The molecule has 2 N–H and O–H groups in total. The molecule has 1 aromatic heterocycles. The summed E-state index contributed by atoms with van der Waals surface area (Å²) in [5, 5.41) is 5.47. The lowest BCUT2D eigenvalue weighted by molar-refractivity contribution is 0.0958. The average molecular weight is 432 g/mol. The normalized spacial score (nSPS) is 12.5. The smallest absolute Gasteiger partial charge is 0.322 e. The number of carbonyl (C=O) groups is 2. The zero-order valence-electron chi connectivity index (χ0n) is 17.9. The van der Waals surface area contributed by atoms with E-state index in [1.807, 2.05) is 36.4 Å². The minimum Gasteiger partial charge on any atom is -0.497 e. The SMILES string of the molecule is CNC(=O)c1cc(Oc2ccc3c(c2)CN(C(=O)Nc2cccc(OC)c2)CC3)ccn1. The zero-order valence-corrected chi connectivity index (χ0v) is 17.9. The third-order valence-corrected chi connectivity index (χ3v) is 5.23. The molecule has 1 aliphatic heterocycles. The van der Waals surface area contributed by atoms with Crippen LogP contribution in [0.5, 0.6) is 17.2 Å². The van der Waals surface area contributed by atoms with Crippen LogP contribution in [0.4, 0.5) is 10.5 Å². The minimum absolute atomic E-state index is 0.167. The summed E-state index contributed by atoms with van der Waals surface area (Å²) in [6, 6.07) is 16.2. The Morgan fingerprint density at radius 1 is 1.00 bits per heavy atom. The van der Waals surface area contributed by atoms with Crippen molar-refractivity contribution >= 4 is 17.6 Å². The van der Waals surface area contributed by atoms with Crippen molar-refractivity contribution in [3.8, 4) is 17.2 Å². The first-order chi connectivity index (χ1) is 15.6. The molecule has 0 fully saturated rings. The number of pyridine rings is 1. The first-order valence-electron chi connectivity index (χ1n) is 10.2. The van der Waals surface area contributed by atoms with E-state index in [1.54, 1.807) is 37.3 Å². The van der Waals surface area contributed by atoms with Gasteiger partial charge in [0.2, 0.25) is 0 Å². The van der Waals surface area contributed by atoms with E-state index in [9.17, 15) is 9.59 Å². The van der Waals surface area contributed by atoms with Crippen LogP contribution in [0.15, 0.2) is 60.8 Å². The van der Waals surface area contributed by atoms with Gasteiger partial charge in [0.05, 0.1) is 7.11 Å². The second-order valence-electron chi connectivity index (χ2n) is 7.32. The van der Waals surface area contributed by atoms with Gasteiger partial charge < -0.3 is 25.0 Å². The molecule has 0 spiro atoms. The van der Waals surface area contributed by atoms with Crippen molar-refractivity contribution in [2.75, 3.05) is 26.0 Å². The highest BCUT2D eigenvalue weighted by atomic mass is 16.5. The summed E-state index contributed by atoms with van der Waals surface area (Å²) in [6.07, 6.45) is 2.29. The number of carbonyl (C=O) groups excluding carboxylic acids is 2. The van der Waals surface area contributed by atoms with E-state index in [0.29, 0.717) is 36.0 Å². The van der Waals surface area contributed by atoms with Crippen LogP contribution in [-0.4, -0.2) is 42.5 Å². The molecule has 2 aromatic carbocycles. The van der Waals surface area contributed by atoms with Crippen molar-refractivity contribution in [2.45, 2.75) is 13.0 Å². The van der Waals surface area contributed by atoms with Crippen LogP contribution in [0.2, 0.25) is 0 Å². The Morgan fingerprint density at radius 3 is 2.66 bits per heavy atom. The van der Waals surface area contributed by atoms with Crippen LogP contribution in [0.1, 0.15) is 21.6 Å². The molecule has 0 unspecified atom stereocenters. The zero-order chi connectivity index (χ0) is 22.5. The van der Waals surface area contributed by atoms with Crippen molar-refractivity contribution in [2.24, 2.45) is 0 Å². The molecule has 0 saturated heterocycles. The van der Waals surface area contributed by atoms with Crippen molar-refractivity contribution in [3.05, 3.63) is 77.6 Å². The first-order valence-corrected chi connectivity index (χ1v) is 10.2. The lowest BCUT2D eigenvalue weighted by Crippen LogP contribution is -2.38. The summed E-state index contributed by atoms with van der Waals surface area (Å²) in [5.41, 5.74) is 3.17. The van der Waals surface area contributed by atoms with Gasteiger partial charge in [-0.1, -0.05) is 12.1 Å². The van der Waals surface area contributed by atoms with Crippen molar-refractivity contribution < 1.29 is 19.1 Å². The number of aromatic nitrogens is 1. The molecule has 0 radical (unpaired) electrons. The first kappa shape index (κ1) is 21.2. The maximum absolute atomic E-state index is 12.8. The summed E-state index contributed by atoms with van der Waals surface area (Å²) in [6.45, 7) is 1.10. The Morgan fingerprint density at radius 2 is 1.84 bits per heavy atom. The number of hydrogen-bond donors (Lipinski definition) is 2. The van der Waals surface area contributed by atoms with Gasteiger partial charge in [0.1, 0.15) is 22.9 Å². The predicted octanol–water partition coefficient (Wildman–Crippen LogP) is 3.83. The topological polar surface area (TPSA) is 92.8 Å². The molecule has 1 aliphatic rings. The van der Waals surface area contributed by atoms with Crippen LogP contribution in [-0.2, 0) is 13.0 Å². The van der Waals surface area contributed by atoms with Gasteiger partial charge in [-0.3, -0.25) is 9.78 Å². The lowest BCUT2D eigenvalue weighted by atomic mass is 10.00. The third-order valence-electron chi connectivity index (χ3n) is 5.23. The minimum atomic E-state index is -0.279. The van der Waals surface area contributed by atoms with Crippen LogP contribution in [0.25, 0.3) is 0 Å². The van der Waals surface area contributed by atoms with Gasteiger partial charge in [-0.25, -0.2) is 4.79 Å². The number of nitrogens with one attached hydrogen (secondary N) is 2. The largest absolute Gasteiger partial charge is 0.497 e. The summed E-state index contributed by atoms with van der Waals surface area (Å²) in [5.74, 6) is 1.55. The summed E-state index contributed by atoms with van der Waals surface area (Å²) in [4.78, 5) is 30.4. The van der Waals surface area contributed by atoms with Gasteiger partial charge >= 0.3 is 6.03 Å². The molecule has 3 aromatic rings. The molecule has 164 valence electrons. The van der Waals surface area contributed by atoms with Gasteiger partial charge in [-0.2, -0.15) is 0 Å². The molecule has 0 saturated carbocycles. The number of ether oxygens (including phenoxy) is 2. The second-order valence-corrected chi connectivity index (χ2v) is 7.32. The number of hydrogen-bond acceptors (Lipinski definition) is 5. The number of urea groups is 1. The number of nitrogens with zero attached hydrogens (tertiary/aromatic N) is 2. The molecule has 8 nitrogen and oxygen atoms in total. The van der Waals surface area contributed by atoms with Gasteiger partial charge in [-0.15, -0.1) is 0 Å². The molecule has 0 atom stereocenters. The van der Waals surface area contributed by atoms with Gasteiger partial charge in [0, 0.05) is 44.2 Å². The quantitative estimate of drug-likeness (QED) is 0.639. The molecule has 2 heterocycles. The van der Waals surface area contributed by atoms with E-state index in [0.717, 1.165) is 12.0 Å². The standard InChI is InChI=1S/C24H24N4O4/c1-25-23(29)22-14-21(8-10-26-22)32-20-7-6-16-9-11-28(15-17(16)12-20)24(30)27-18-4-3-5-19(13-18)31-2/h3-8,10,12-14H,9,11,15H2,1-2H3,(H,25,29)(H,27,30). The highest BCUT2D eigenvalue weighted by Gasteiger charge is 2.21. The predicted molar refractivity (Wildman–Crippen MR) is 120 cm³/mol. The van der Waals surface area contributed by atoms with E-state index < -0.39 is 0 Å². The molecule has 4 rings (SSSR count). The molecule has 3 amide bonds. The van der Waals surface area contributed by atoms with Crippen LogP contribution in [0.3, 0.4) is 0 Å². The van der Waals surface area contributed by atoms with Crippen molar-refractivity contribution in [1.29, 1.82) is 0 Å². The summed E-state index contributed by atoms with van der Waals surface area (Å²) >= 11 is 0. The van der Waals surface area contributed by atoms with E-state index in [-0.39, 0.29) is 17.6 Å². The molecule has 8 heteroatoms. The van der Waals surface area contributed by atoms with Crippen LogP contribution < -0.4 is 20.1 Å². The molecule has 32 heavy (non-hydrogen) atoms. The van der Waals surface area contributed by atoms with Crippen LogP contribution >= 0.6 is 0 Å². The van der Waals surface area contributed by atoms with E-state index in [2.05, 4.69) is 15.6 Å². The van der Waals surface area contributed by atoms with Crippen molar-refractivity contribution in [1.82, 2.24) is 15.2 Å². The third kappa shape index (κ3) is 4.80. The highest BCUT2D eigenvalue weighted by Crippen LogP contribution is 2.28. The highest BCUT2D eigenvalue weighted by molar-refractivity contribution is 5.92. The number of amides is 3. The fraction of sp³-hybridized carbons (Fsp3) is 0.208. The Hall–Kier alpha value is -4.07. The monoisotopic (exact) mass is 432 g/mol. The number of rotatable bonds is 5. The maximum atomic E-state index is 12.8. The number of anilines is 1. The Balaban J connectivity index is 1.46. The van der Waals surface area contributed by atoms with Gasteiger partial charge in [0.15, 0.2) is 0 Å². The second kappa shape index (κ2) is 9.38. The van der Waals surface area contributed by atoms with E-state index in [1.165, 1.54) is 11.8 Å². The number of benzene rings is 2. The maximum Gasteiger partial charge on any atom is 0.322 e. The molecule has 0 bridgehead atoms.